The maximum atomic E-state index is 10.9. The van der Waals surface area contributed by atoms with Crippen LogP contribution >= 0.6 is 0 Å². The average molecular weight is 168 g/mol. The first-order valence-electron chi connectivity index (χ1n) is 3.81. The van der Waals surface area contributed by atoms with E-state index in [9.17, 15) is 9.59 Å². The van der Waals surface area contributed by atoms with E-state index >= 15 is 0 Å². The number of urea groups is 1. The number of imide groups is 1. The molecular formula is C8H12N2O2. The summed E-state index contributed by atoms with van der Waals surface area (Å²) in [6, 6.07) is -0.545. The zero-order valence-electron chi connectivity index (χ0n) is 7.47. The van der Waals surface area contributed by atoms with Crippen molar-refractivity contribution in [1.29, 1.82) is 0 Å². The number of nitrogens with zero attached hydrogens (tertiary/aromatic N) is 1. The molecule has 0 unspecified atom stereocenters. The Bertz CT molecular complexity index is 261. The van der Waals surface area contributed by atoms with Crippen molar-refractivity contribution in [2.45, 2.75) is 27.2 Å². The molecule has 1 heterocycles. The van der Waals surface area contributed by atoms with E-state index in [2.05, 4.69) is 10.3 Å². The molecule has 1 aliphatic rings. The number of carbonyl (C=O) groups is 2. The molecule has 0 atom stereocenters. The zero-order valence-corrected chi connectivity index (χ0v) is 7.47. The van der Waals surface area contributed by atoms with E-state index in [-0.39, 0.29) is 17.7 Å². The molecule has 0 aliphatic carbocycles. The van der Waals surface area contributed by atoms with Crippen molar-refractivity contribution in [2.24, 2.45) is 10.4 Å². The van der Waals surface area contributed by atoms with Gasteiger partial charge in [0.05, 0.1) is 6.42 Å². The quantitative estimate of drug-likeness (QED) is 0.589. The second kappa shape index (κ2) is 2.69. The first-order valence-corrected chi connectivity index (χ1v) is 3.81. The van der Waals surface area contributed by atoms with Crippen molar-refractivity contribution in [2.75, 3.05) is 0 Å². The van der Waals surface area contributed by atoms with Crippen molar-refractivity contribution >= 4 is 17.6 Å². The summed E-state index contributed by atoms with van der Waals surface area (Å²) in [6.45, 7) is 5.78. The molecule has 1 rings (SSSR count). The van der Waals surface area contributed by atoms with Gasteiger partial charge in [0.2, 0.25) is 5.91 Å². The molecule has 0 saturated heterocycles. The molecule has 4 heteroatoms. The van der Waals surface area contributed by atoms with Crippen LogP contribution in [0.5, 0.6) is 0 Å². The summed E-state index contributed by atoms with van der Waals surface area (Å²) < 4.78 is 0. The summed E-state index contributed by atoms with van der Waals surface area (Å²) in [7, 11) is 0. The first kappa shape index (κ1) is 8.90. The van der Waals surface area contributed by atoms with Gasteiger partial charge in [-0.25, -0.2) is 9.79 Å². The van der Waals surface area contributed by atoms with E-state index in [0.717, 1.165) is 0 Å². The summed E-state index contributed by atoms with van der Waals surface area (Å²) in [6.07, 6.45) is 0.231. The van der Waals surface area contributed by atoms with E-state index in [4.69, 9.17) is 0 Å². The van der Waals surface area contributed by atoms with Crippen molar-refractivity contribution in [3.05, 3.63) is 0 Å². The standard InChI is InChI=1S/C8H12N2O2/c1-8(2,3)5-4-6(11)10-7(12)9-5/h4H2,1-3H3,(H,10,11,12). The highest BCUT2D eigenvalue weighted by molar-refractivity contribution is 6.15. The molecule has 0 aromatic heterocycles. The predicted octanol–water partition coefficient (Wildman–Crippen LogP) is 1.11. The average Bonchev–Trinajstić information content (AvgIpc) is 1.82. The van der Waals surface area contributed by atoms with Crippen LogP contribution in [0, 0.1) is 5.41 Å². The lowest BCUT2D eigenvalue weighted by Crippen LogP contribution is -2.39. The van der Waals surface area contributed by atoms with Crippen LogP contribution in [0.25, 0.3) is 0 Å². The minimum absolute atomic E-state index is 0.201. The number of amides is 3. The van der Waals surface area contributed by atoms with Crippen molar-refractivity contribution in [1.82, 2.24) is 5.32 Å². The lowest BCUT2D eigenvalue weighted by Gasteiger charge is -2.23. The molecule has 0 bridgehead atoms. The van der Waals surface area contributed by atoms with Crippen LogP contribution in [0.1, 0.15) is 27.2 Å². The van der Waals surface area contributed by atoms with Gasteiger partial charge in [0.15, 0.2) is 0 Å². The fraction of sp³-hybridized carbons (Fsp3) is 0.625. The van der Waals surface area contributed by atoms with Gasteiger partial charge in [-0.2, -0.15) is 0 Å². The Morgan fingerprint density at radius 3 is 2.33 bits per heavy atom. The smallest absolute Gasteiger partial charge is 0.276 e. The number of rotatable bonds is 0. The van der Waals surface area contributed by atoms with Gasteiger partial charge in [0.25, 0.3) is 0 Å². The Kier molecular flexibility index (Phi) is 2.00. The largest absolute Gasteiger partial charge is 0.347 e. The Morgan fingerprint density at radius 1 is 1.33 bits per heavy atom. The number of aliphatic imine (C=N–C) groups is 1. The SMILES string of the molecule is CC(C)(C)C1=NC(=O)NC(=O)C1. The van der Waals surface area contributed by atoms with Crippen LogP contribution in [-0.4, -0.2) is 17.6 Å². The highest BCUT2D eigenvalue weighted by Crippen LogP contribution is 2.20. The summed E-state index contributed by atoms with van der Waals surface area (Å²) >= 11 is 0. The van der Waals surface area contributed by atoms with Crippen LogP contribution in [0.15, 0.2) is 4.99 Å². The van der Waals surface area contributed by atoms with Crippen molar-refractivity contribution in [3.8, 4) is 0 Å². The van der Waals surface area contributed by atoms with Gasteiger partial charge in [0.1, 0.15) is 0 Å². The number of nitrogens with one attached hydrogen (secondary N) is 1. The third kappa shape index (κ3) is 1.90. The van der Waals surface area contributed by atoms with Crippen LogP contribution in [0.2, 0.25) is 0 Å². The van der Waals surface area contributed by atoms with Crippen LogP contribution in [0.3, 0.4) is 0 Å². The molecule has 0 saturated carbocycles. The molecule has 0 radical (unpaired) electrons. The van der Waals surface area contributed by atoms with Gasteiger partial charge in [-0.3, -0.25) is 10.1 Å². The molecular weight excluding hydrogens is 156 g/mol. The van der Waals surface area contributed by atoms with E-state index < -0.39 is 6.03 Å². The highest BCUT2D eigenvalue weighted by atomic mass is 16.2. The second-order valence-electron chi connectivity index (χ2n) is 3.84. The summed E-state index contributed by atoms with van der Waals surface area (Å²) in [4.78, 5) is 25.5. The molecule has 12 heavy (non-hydrogen) atoms. The third-order valence-corrected chi connectivity index (χ3v) is 1.68. The Labute approximate surface area is 71.1 Å². The van der Waals surface area contributed by atoms with Gasteiger partial charge in [-0.1, -0.05) is 20.8 Å². The van der Waals surface area contributed by atoms with Crippen LogP contribution in [0.4, 0.5) is 4.79 Å². The second-order valence-corrected chi connectivity index (χ2v) is 3.84. The summed E-state index contributed by atoms with van der Waals surface area (Å²) in [5, 5.41) is 2.12. The highest BCUT2D eigenvalue weighted by Gasteiger charge is 2.26. The molecule has 66 valence electrons. The number of hydrogen-bond acceptors (Lipinski definition) is 2. The van der Waals surface area contributed by atoms with Gasteiger partial charge < -0.3 is 0 Å². The lowest BCUT2D eigenvalue weighted by atomic mass is 9.87. The molecule has 0 aromatic carbocycles. The Balaban J connectivity index is 2.92. The Hall–Kier alpha value is -1.19. The topological polar surface area (TPSA) is 58.5 Å². The molecule has 3 amide bonds. The van der Waals surface area contributed by atoms with Gasteiger partial charge in [-0.15, -0.1) is 0 Å². The minimum atomic E-state index is -0.545. The van der Waals surface area contributed by atoms with Crippen LogP contribution < -0.4 is 5.32 Å². The summed E-state index contributed by atoms with van der Waals surface area (Å²) in [5.74, 6) is -0.264. The maximum absolute atomic E-state index is 10.9. The normalized spacial score (nSPS) is 18.8. The molecule has 1 N–H and O–H groups in total. The molecule has 0 spiro atoms. The zero-order chi connectivity index (χ0) is 9.35. The van der Waals surface area contributed by atoms with Crippen LogP contribution in [-0.2, 0) is 4.79 Å². The number of carbonyl (C=O) groups excluding carboxylic acids is 2. The number of hydrogen-bond donors (Lipinski definition) is 1. The lowest BCUT2D eigenvalue weighted by molar-refractivity contribution is -0.119. The van der Waals surface area contributed by atoms with Crippen molar-refractivity contribution in [3.63, 3.8) is 0 Å². The fourth-order valence-corrected chi connectivity index (χ4v) is 0.938. The van der Waals surface area contributed by atoms with E-state index in [1.807, 2.05) is 20.8 Å². The van der Waals surface area contributed by atoms with Gasteiger partial charge in [-0.05, 0) is 0 Å². The van der Waals surface area contributed by atoms with E-state index in [1.165, 1.54) is 0 Å². The van der Waals surface area contributed by atoms with E-state index in [0.29, 0.717) is 5.71 Å². The molecule has 4 nitrogen and oxygen atoms in total. The van der Waals surface area contributed by atoms with Crippen molar-refractivity contribution < 1.29 is 9.59 Å². The molecule has 0 fully saturated rings. The Morgan fingerprint density at radius 2 is 1.92 bits per heavy atom. The fourth-order valence-electron chi connectivity index (χ4n) is 0.938. The molecule has 0 aromatic rings. The third-order valence-electron chi connectivity index (χ3n) is 1.68. The first-order chi connectivity index (χ1) is 5.39. The van der Waals surface area contributed by atoms with Gasteiger partial charge in [0, 0.05) is 11.1 Å². The maximum Gasteiger partial charge on any atom is 0.347 e. The monoisotopic (exact) mass is 168 g/mol. The molecule has 1 aliphatic heterocycles. The minimum Gasteiger partial charge on any atom is -0.276 e. The van der Waals surface area contributed by atoms with E-state index in [1.54, 1.807) is 0 Å². The van der Waals surface area contributed by atoms with Gasteiger partial charge >= 0.3 is 6.03 Å². The summed E-state index contributed by atoms with van der Waals surface area (Å²) in [5.41, 5.74) is 0.448. The predicted molar refractivity (Wildman–Crippen MR) is 45.0 cm³/mol.